The Morgan fingerprint density at radius 2 is 2.22 bits per heavy atom. The molecule has 23 heavy (non-hydrogen) atoms. The molecule has 0 saturated heterocycles. The second-order valence-corrected chi connectivity index (χ2v) is 5.04. The first-order valence-electron chi connectivity index (χ1n) is 6.83. The minimum atomic E-state index is -0.844. The summed E-state index contributed by atoms with van der Waals surface area (Å²) in [5, 5.41) is 14.8. The molecule has 2 aromatic rings. The second-order valence-electron chi connectivity index (χ2n) is 4.61. The Morgan fingerprint density at radius 3 is 2.87 bits per heavy atom. The maximum Gasteiger partial charge on any atom is 0.357 e. The van der Waals surface area contributed by atoms with Gasteiger partial charge in [-0.05, 0) is 25.1 Å². The van der Waals surface area contributed by atoms with Gasteiger partial charge in [-0.2, -0.15) is 0 Å². The van der Waals surface area contributed by atoms with Crippen LogP contribution >= 0.6 is 11.6 Å². The number of fused-ring (bicyclic) bond motifs is 1. The zero-order valence-corrected chi connectivity index (χ0v) is 13.0. The van der Waals surface area contributed by atoms with Crippen LogP contribution in [0.4, 0.5) is 11.4 Å². The van der Waals surface area contributed by atoms with Crippen molar-refractivity contribution in [2.45, 2.75) is 13.3 Å². The number of esters is 1. The van der Waals surface area contributed by atoms with Crippen molar-refractivity contribution < 1.29 is 14.5 Å². The number of aromatic nitrogens is 1. The lowest BCUT2D eigenvalue weighted by atomic mass is 10.1. The minimum Gasteiger partial charge on any atom is -0.466 e. The largest absolute Gasteiger partial charge is 0.466 e. The summed E-state index contributed by atoms with van der Waals surface area (Å²) in [6.07, 6.45) is 0.0207. The van der Waals surface area contributed by atoms with Crippen LogP contribution in [0.5, 0.6) is 0 Å². The highest BCUT2D eigenvalue weighted by atomic mass is 35.5. The molecule has 0 atom stereocenters. The number of nitrogens with zero attached hydrogens (tertiary/aromatic N) is 1. The van der Waals surface area contributed by atoms with Gasteiger partial charge in [-0.15, -0.1) is 0 Å². The van der Waals surface area contributed by atoms with E-state index in [1.165, 1.54) is 6.07 Å². The van der Waals surface area contributed by atoms with Crippen LogP contribution in [-0.4, -0.2) is 29.0 Å². The van der Waals surface area contributed by atoms with Crippen molar-refractivity contribution >= 4 is 39.8 Å². The zero-order chi connectivity index (χ0) is 17.0. The number of nitrogens with one attached hydrogen (secondary N) is 2. The first kappa shape index (κ1) is 16.8. The van der Waals surface area contributed by atoms with E-state index in [0.717, 1.165) is 0 Å². The number of hydrogen-bond donors (Lipinski definition) is 2. The molecular formula is C14H14ClN3O5. The molecule has 0 aliphatic heterocycles. The van der Waals surface area contributed by atoms with Crippen LogP contribution < -0.4 is 10.9 Å². The van der Waals surface area contributed by atoms with Gasteiger partial charge in [0.2, 0.25) is 0 Å². The molecule has 1 aromatic heterocycles. The number of carbonyl (C=O) groups excluding carboxylic acids is 1. The summed E-state index contributed by atoms with van der Waals surface area (Å²) in [7, 11) is 0. The molecule has 1 aromatic carbocycles. The van der Waals surface area contributed by atoms with Gasteiger partial charge in [0.25, 0.3) is 0 Å². The summed E-state index contributed by atoms with van der Waals surface area (Å²) in [6, 6.07) is 4.62. The van der Waals surface area contributed by atoms with E-state index in [9.17, 15) is 19.7 Å². The van der Waals surface area contributed by atoms with Crippen molar-refractivity contribution in [3.05, 3.63) is 43.7 Å². The first-order chi connectivity index (χ1) is 10.9. The topological polar surface area (TPSA) is 114 Å². The zero-order valence-electron chi connectivity index (χ0n) is 12.2. The molecule has 0 amide bonds. The third-order valence-electron chi connectivity index (χ3n) is 3.07. The van der Waals surface area contributed by atoms with Gasteiger partial charge in [0.15, 0.2) is 0 Å². The Hall–Kier alpha value is -2.61. The molecule has 122 valence electrons. The van der Waals surface area contributed by atoms with E-state index >= 15 is 0 Å². The van der Waals surface area contributed by atoms with Crippen LogP contribution in [0.2, 0.25) is 5.02 Å². The first-order valence-corrected chi connectivity index (χ1v) is 7.21. The number of pyridine rings is 1. The molecule has 0 bridgehead atoms. The van der Waals surface area contributed by atoms with Crippen molar-refractivity contribution in [2.24, 2.45) is 0 Å². The predicted molar refractivity (Wildman–Crippen MR) is 86.0 cm³/mol. The molecule has 0 aliphatic carbocycles. The summed E-state index contributed by atoms with van der Waals surface area (Å²) in [6.45, 7) is 2.04. The van der Waals surface area contributed by atoms with E-state index in [1.807, 2.05) is 0 Å². The van der Waals surface area contributed by atoms with E-state index in [2.05, 4.69) is 10.3 Å². The van der Waals surface area contributed by atoms with E-state index in [4.69, 9.17) is 16.3 Å². The van der Waals surface area contributed by atoms with Gasteiger partial charge in [-0.3, -0.25) is 19.7 Å². The molecule has 0 aliphatic rings. The van der Waals surface area contributed by atoms with Crippen molar-refractivity contribution in [1.82, 2.24) is 4.98 Å². The van der Waals surface area contributed by atoms with Crippen LogP contribution in [0.15, 0.2) is 23.0 Å². The number of ether oxygens (including phenoxy) is 1. The lowest BCUT2D eigenvalue weighted by Gasteiger charge is -2.10. The average molecular weight is 340 g/mol. The van der Waals surface area contributed by atoms with Crippen LogP contribution in [-0.2, 0) is 9.53 Å². The molecule has 0 unspecified atom stereocenters. The lowest BCUT2D eigenvalue weighted by molar-refractivity contribution is -0.385. The predicted octanol–water partition coefficient (Wildman–Crippen LogP) is 2.45. The second kappa shape index (κ2) is 7.10. The summed E-state index contributed by atoms with van der Waals surface area (Å²) in [4.78, 5) is 36.1. The average Bonchev–Trinajstić information content (AvgIpc) is 2.46. The van der Waals surface area contributed by atoms with Crippen molar-refractivity contribution in [1.29, 1.82) is 0 Å². The molecule has 0 spiro atoms. The Bertz CT molecular complexity index is 818. The van der Waals surface area contributed by atoms with E-state index in [-0.39, 0.29) is 25.3 Å². The smallest absolute Gasteiger partial charge is 0.357 e. The Kier molecular flexibility index (Phi) is 5.17. The third kappa shape index (κ3) is 3.78. The number of aromatic amines is 1. The fourth-order valence-electron chi connectivity index (χ4n) is 2.14. The Morgan fingerprint density at radius 1 is 1.48 bits per heavy atom. The van der Waals surface area contributed by atoms with Crippen LogP contribution in [0, 0.1) is 10.1 Å². The molecule has 0 radical (unpaired) electrons. The van der Waals surface area contributed by atoms with E-state index in [1.54, 1.807) is 19.1 Å². The maximum atomic E-state index is 11.9. The van der Waals surface area contributed by atoms with Crippen LogP contribution in [0.3, 0.4) is 0 Å². The fraction of sp³-hybridized carbons (Fsp3) is 0.286. The molecule has 0 saturated carbocycles. The maximum absolute atomic E-state index is 11.9. The molecule has 8 nitrogen and oxygen atoms in total. The van der Waals surface area contributed by atoms with Crippen LogP contribution in [0.25, 0.3) is 10.9 Å². The number of carbonyl (C=O) groups is 1. The number of benzene rings is 1. The fourth-order valence-corrected chi connectivity index (χ4v) is 2.31. The van der Waals surface area contributed by atoms with Gasteiger partial charge in [0.05, 0.1) is 23.5 Å². The standard InChI is InChI=1S/C14H14ClN3O5/c1-2-23-11(19)5-6-16-12-9-4-3-8(15)7-10(9)17-14(20)13(12)18(21)22/h3-4,7H,2,5-6H2,1H3,(H2,16,17,20). The number of halogens is 1. The highest BCUT2D eigenvalue weighted by Gasteiger charge is 2.22. The molecule has 2 N–H and O–H groups in total. The van der Waals surface area contributed by atoms with Gasteiger partial charge < -0.3 is 15.0 Å². The summed E-state index contributed by atoms with van der Waals surface area (Å²) >= 11 is 5.87. The Labute approximate surface area is 135 Å². The quantitative estimate of drug-likeness (QED) is 0.474. The molecule has 0 fully saturated rings. The third-order valence-corrected chi connectivity index (χ3v) is 3.30. The molecule has 9 heteroatoms. The van der Waals surface area contributed by atoms with Crippen molar-refractivity contribution in [3.8, 4) is 0 Å². The summed E-state index contributed by atoms with van der Waals surface area (Å²) < 4.78 is 4.79. The van der Waals surface area contributed by atoms with Gasteiger partial charge in [0.1, 0.15) is 5.69 Å². The summed E-state index contributed by atoms with van der Waals surface area (Å²) in [5.74, 6) is -0.431. The van der Waals surface area contributed by atoms with Gasteiger partial charge in [0, 0.05) is 17.0 Å². The van der Waals surface area contributed by atoms with Gasteiger partial charge >= 0.3 is 17.2 Å². The van der Waals surface area contributed by atoms with Gasteiger partial charge in [-0.1, -0.05) is 11.6 Å². The number of rotatable bonds is 6. The number of nitro groups is 1. The molecule has 1 heterocycles. The monoisotopic (exact) mass is 339 g/mol. The number of anilines is 1. The summed E-state index contributed by atoms with van der Waals surface area (Å²) in [5.41, 5.74) is -1.03. The normalized spacial score (nSPS) is 10.5. The van der Waals surface area contributed by atoms with E-state index < -0.39 is 22.1 Å². The Balaban J connectivity index is 2.42. The van der Waals surface area contributed by atoms with Crippen molar-refractivity contribution in [3.63, 3.8) is 0 Å². The highest BCUT2D eigenvalue weighted by Crippen LogP contribution is 2.30. The number of H-pyrrole nitrogens is 1. The highest BCUT2D eigenvalue weighted by molar-refractivity contribution is 6.31. The number of hydrogen-bond acceptors (Lipinski definition) is 6. The van der Waals surface area contributed by atoms with E-state index in [0.29, 0.717) is 15.9 Å². The molecular weight excluding hydrogens is 326 g/mol. The minimum absolute atomic E-state index is 0.0207. The van der Waals surface area contributed by atoms with Crippen LogP contribution in [0.1, 0.15) is 13.3 Å². The lowest BCUT2D eigenvalue weighted by Crippen LogP contribution is -2.17. The SMILES string of the molecule is CCOC(=O)CCNc1c([N+](=O)[O-])c(=O)[nH]c2cc(Cl)ccc12. The van der Waals surface area contributed by atoms with Crippen molar-refractivity contribution in [2.75, 3.05) is 18.5 Å². The van der Waals surface area contributed by atoms with Gasteiger partial charge in [-0.25, -0.2) is 0 Å². The molecule has 2 rings (SSSR count).